The number of nitrogens with zero attached hydrogens (tertiary/aromatic N) is 2. The maximum atomic E-state index is 13.9. The molecule has 10 nitrogen and oxygen atoms in total. The van der Waals surface area contributed by atoms with Gasteiger partial charge in [0.25, 0.3) is 10.0 Å². The van der Waals surface area contributed by atoms with Gasteiger partial charge in [0.2, 0.25) is 11.8 Å². The molecule has 4 rings (SSSR count). The van der Waals surface area contributed by atoms with Gasteiger partial charge in [-0.1, -0.05) is 74.5 Å². The van der Waals surface area contributed by atoms with Crippen molar-refractivity contribution >= 4 is 44.6 Å². The van der Waals surface area contributed by atoms with Gasteiger partial charge in [-0.3, -0.25) is 15.0 Å². The Morgan fingerprint density at radius 3 is 2.47 bits per heavy atom. The summed E-state index contributed by atoms with van der Waals surface area (Å²) in [5, 5.41) is 0.826. The number of benzene rings is 2. The van der Waals surface area contributed by atoms with Crippen LogP contribution in [0.25, 0.3) is 17.0 Å². The van der Waals surface area contributed by atoms with E-state index in [1.807, 2.05) is 68.5 Å². The molecular formula is C32H40N4O6S. The molecule has 1 aliphatic heterocycles. The van der Waals surface area contributed by atoms with Crippen molar-refractivity contribution in [1.29, 1.82) is 0 Å². The highest BCUT2D eigenvalue weighted by Gasteiger charge is 2.36. The number of para-hydroxylation sites is 1. The fourth-order valence-electron chi connectivity index (χ4n) is 5.00. The van der Waals surface area contributed by atoms with Crippen molar-refractivity contribution < 1.29 is 27.6 Å². The smallest absolute Gasteiger partial charge is 0.251 e. The molecule has 230 valence electrons. The zero-order valence-electron chi connectivity index (χ0n) is 24.8. The van der Waals surface area contributed by atoms with E-state index in [9.17, 15) is 18.0 Å². The molecule has 11 heteroatoms. The third kappa shape index (κ3) is 9.34. The molecule has 0 bridgehead atoms. The van der Waals surface area contributed by atoms with Crippen molar-refractivity contribution in [3.63, 3.8) is 0 Å². The number of hydrazine groups is 1. The summed E-state index contributed by atoms with van der Waals surface area (Å²) in [6, 6.07) is 20.2. The summed E-state index contributed by atoms with van der Waals surface area (Å²) in [5.74, 6) is -2.78. The van der Waals surface area contributed by atoms with Crippen molar-refractivity contribution in [2.45, 2.75) is 52.2 Å². The van der Waals surface area contributed by atoms with E-state index in [1.54, 1.807) is 18.2 Å². The maximum absolute atomic E-state index is 13.9. The topological polar surface area (TPSA) is 127 Å². The molecule has 2 aromatic carbocycles. The molecule has 1 fully saturated rings. The van der Waals surface area contributed by atoms with Crippen LogP contribution in [0.15, 0.2) is 72.8 Å². The van der Waals surface area contributed by atoms with Crippen molar-refractivity contribution in [3.8, 4) is 0 Å². The Hall–Kier alpha value is -3.80. The van der Waals surface area contributed by atoms with E-state index in [0.717, 1.165) is 34.5 Å². The number of rotatable bonds is 13. The maximum Gasteiger partial charge on any atom is 0.251 e. The number of amides is 2. The highest BCUT2D eigenvalue weighted by molar-refractivity contribution is 7.92. The van der Waals surface area contributed by atoms with Crippen molar-refractivity contribution in [2.75, 3.05) is 17.3 Å². The zero-order valence-corrected chi connectivity index (χ0v) is 25.6. The van der Waals surface area contributed by atoms with Crippen LogP contribution in [0.3, 0.4) is 0 Å². The van der Waals surface area contributed by atoms with Crippen LogP contribution in [0.5, 0.6) is 0 Å². The largest absolute Gasteiger partial charge is 0.350 e. The van der Waals surface area contributed by atoms with E-state index in [1.165, 1.54) is 6.07 Å². The first-order valence-corrected chi connectivity index (χ1v) is 16.4. The van der Waals surface area contributed by atoms with Gasteiger partial charge in [0.15, 0.2) is 12.1 Å². The van der Waals surface area contributed by atoms with Crippen LogP contribution in [0.2, 0.25) is 0 Å². The summed E-state index contributed by atoms with van der Waals surface area (Å²) in [6.45, 7) is 4.44. The first-order chi connectivity index (χ1) is 20.6. The van der Waals surface area contributed by atoms with Gasteiger partial charge in [0, 0.05) is 18.4 Å². The quantitative estimate of drug-likeness (QED) is 0.262. The number of nitrogens with one attached hydrogen (secondary N) is 2. The van der Waals surface area contributed by atoms with Gasteiger partial charge in [-0.25, -0.2) is 23.7 Å². The molecule has 3 atom stereocenters. The lowest BCUT2D eigenvalue weighted by molar-refractivity contribution is -0.203. The van der Waals surface area contributed by atoms with Gasteiger partial charge >= 0.3 is 0 Å². The summed E-state index contributed by atoms with van der Waals surface area (Å²) in [6.07, 6.45) is 7.21. The summed E-state index contributed by atoms with van der Waals surface area (Å²) in [7, 11) is -3.98. The molecule has 1 saturated heterocycles. The first kappa shape index (κ1) is 32.1. The standard InChI is InChI=1S/C32H40N4O6S/c1-23(2)22-27(31(37)34-36(43(3,39)40)29-20-19-25-15-7-8-17-28(25)33-29)26(16-11-14-24-12-5-4-6-13-24)32(38)35-42-30-18-9-10-21-41-30/h4-8,11-15,17,19-20,23,26-27,30H,9-10,16,18,21-22H2,1-3H3,(H,34,37)(H,35,38)/b14-11+/t26-,27+,30?/m0/s1. The molecular weight excluding hydrogens is 568 g/mol. The number of aromatic nitrogens is 1. The van der Waals surface area contributed by atoms with Gasteiger partial charge in [0.1, 0.15) is 0 Å². The van der Waals surface area contributed by atoms with Gasteiger partial charge in [-0.05, 0) is 55.4 Å². The Kier molecular flexibility index (Phi) is 11.3. The fourth-order valence-corrected chi connectivity index (χ4v) is 5.69. The van der Waals surface area contributed by atoms with Crippen LogP contribution < -0.4 is 15.3 Å². The molecule has 2 N–H and O–H groups in total. The Balaban J connectivity index is 1.61. The van der Waals surface area contributed by atoms with Crippen LogP contribution in [0.1, 0.15) is 51.5 Å². The van der Waals surface area contributed by atoms with Crippen LogP contribution in [0.4, 0.5) is 5.82 Å². The summed E-state index contributed by atoms with van der Waals surface area (Å²) in [5.41, 5.74) is 6.61. The second-order valence-electron chi connectivity index (χ2n) is 11.1. The molecule has 0 saturated carbocycles. The molecule has 0 spiro atoms. The Morgan fingerprint density at radius 1 is 1.02 bits per heavy atom. The van der Waals surface area contributed by atoms with E-state index in [-0.39, 0.29) is 18.2 Å². The predicted octanol–water partition coefficient (Wildman–Crippen LogP) is 4.99. The fraction of sp³-hybridized carbons (Fsp3) is 0.406. The minimum Gasteiger partial charge on any atom is -0.350 e. The molecule has 0 radical (unpaired) electrons. The van der Waals surface area contributed by atoms with Crippen LogP contribution >= 0.6 is 0 Å². The number of fused-ring (bicyclic) bond motifs is 1. The molecule has 3 aromatic rings. The number of carbonyl (C=O) groups excluding carboxylic acids is 2. The lowest BCUT2D eigenvalue weighted by Crippen LogP contribution is -2.51. The van der Waals surface area contributed by atoms with E-state index in [4.69, 9.17) is 9.57 Å². The van der Waals surface area contributed by atoms with E-state index in [2.05, 4.69) is 15.9 Å². The zero-order chi connectivity index (χ0) is 30.8. The number of anilines is 1. The summed E-state index contributed by atoms with van der Waals surface area (Å²) in [4.78, 5) is 37.6. The van der Waals surface area contributed by atoms with Crippen molar-refractivity contribution in [3.05, 3.63) is 78.4 Å². The van der Waals surface area contributed by atoms with Crippen LogP contribution in [0, 0.1) is 17.8 Å². The number of pyridine rings is 1. The number of allylic oxidation sites excluding steroid dienone is 1. The average Bonchev–Trinajstić information content (AvgIpc) is 3.00. The third-order valence-electron chi connectivity index (χ3n) is 7.15. The minimum atomic E-state index is -3.98. The van der Waals surface area contributed by atoms with E-state index in [0.29, 0.717) is 25.0 Å². The number of sulfonamides is 1. The number of ether oxygens (including phenoxy) is 1. The van der Waals surface area contributed by atoms with E-state index < -0.39 is 40.0 Å². The number of hydrogen-bond donors (Lipinski definition) is 2. The Labute approximate surface area is 253 Å². The predicted molar refractivity (Wildman–Crippen MR) is 167 cm³/mol. The Morgan fingerprint density at radius 2 is 1.77 bits per heavy atom. The van der Waals surface area contributed by atoms with Crippen molar-refractivity contribution in [2.24, 2.45) is 17.8 Å². The molecule has 2 heterocycles. The molecule has 1 unspecified atom stereocenters. The molecule has 2 amide bonds. The van der Waals surface area contributed by atoms with Crippen LogP contribution in [-0.2, 0) is 29.2 Å². The Bertz CT molecular complexity index is 1510. The highest BCUT2D eigenvalue weighted by atomic mass is 32.2. The molecule has 1 aliphatic rings. The van der Waals surface area contributed by atoms with Gasteiger partial charge < -0.3 is 4.74 Å². The number of carbonyl (C=O) groups is 2. The second-order valence-corrected chi connectivity index (χ2v) is 13.0. The monoisotopic (exact) mass is 608 g/mol. The van der Waals surface area contributed by atoms with Gasteiger partial charge in [-0.2, -0.15) is 4.41 Å². The lowest BCUT2D eigenvalue weighted by Gasteiger charge is -2.30. The average molecular weight is 609 g/mol. The highest BCUT2D eigenvalue weighted by Crippen LogP contribution is 2.27. The summed E-state index contributed by atoms with van der Waals surface area (Å²) >= 11 is 0. The molecule has 0 aliphatic carbocycles. The second kappa shape index (κ2) is 15.1. The van der Waals surface area contributed by atoms with Gasteiger partial charge in [0.05, 0.1) is 23.6 Å². The number of hydroxylamine groups is 1. The van der Waals surface area contributed by atoms with E-state index >= 15 is 0 Å². The normalized spacial score (nSPS) is 17.1. The van der Waals surface area contributed by atoms with Crippen LogP contribution in [-0.4, -0.2) is 44.4 Å². The SMILES string of the molecule is CC(C)C[C@@H](C(=O)NN(c1ccc2ccccc2n1)S(C)(=O)=O)[C@H](C/C=C/c1ccccc1)C(=O)NOC1CCCCO1. The van der Waals surface area contributed by atoms with Crippen molar-refractivity contribution in [1.82, 2.24) is 15.9 Å². The first-order valence-electron chi connectivity index (χ1n) is 14.6. The third-order valence-corrected chi connectivity index (χ3v) is 8.09. The molecule has 43 heavy (non-hydrogen) atoms. The lowest BCUT2D eigenvalue weighted by atomic mass is 9.82. The summed E-state index contributed by atoms with van der Waals surface area (Å²) < 4.78 is 32.2. The number of hydrogen-bond acceptors (Lipinski definition) is 7. The minimum absolute atomic E-state index is 0.0252. The molecule has 1 aromatic heterocycles. The van der Waals surface area contributed by atoms with Gasteiger partial charge in [-0.15, -0.1) is 0 Å².